The van der Waals surface area contributed by atoms with Gasteiger partial charge in [0, 0.05) is 17.9 Å². The summed E-state index contributed by atoms with van der Waals surface area (Å²) in [6.07, 6.45) is -0.132. The van der Waals surface area contributed by atoms with Crippen molar-refractivity contribution in [1.29, 1.82) is 0 Å². The van der Waals surface area contributed by atoms with Crippen LogP contribution in [0.15, 0.2) is 18.2 Å². The zero-order valence-corrected chi connectivity index (χ0v) is 15.2. The van der Waals surface area contributed by atoms with Crippen LogP contribution in [-0.2, 0) is 31.6 Å². The van der Waals surface area contributed by atoms with Gasteiger partial charge in [-0.1, -0.05) is 20.8 Å². The molecular weight excluding hydrogens is 327 g/mol. The Bertz CT molecular complexity index is 786. The van der Waals surface area contributed by atoms with Crippen molar-refractivity contribution < 1.29 is 17.7 Å². The van der Waals surface area contributed by atoms with Gasteiger partial charge in [0.05, 0.1) is 23.7 Å². The molecule has 0 saturated carbocycles. The Morgan fingerprint density at radius 3 is 2.44 bits per heavy atom. The second-order valence-electron chi connectivity index (χ2n) is 6.93. The number of nitrogens with zero attached hydrogens (tertiary/aromatic N) is 3. The Morgan fingerprint density at radius 2 is 1.88 bits per heavy atom. The van der Waals surface area contributed by atoms with Crippen molar-refractivity contribution in [3.8, 4) is 11.4 Å². The van der Waals surface area contributed by atoms with E-state index in [4.69, 9.17) is 5.10 Å². The zero-order chi connectivity index (χ0) is 18.4. The van der Waals surface area contributed by atoms with Gasteiger partial charge < -0.3 is 0 Å². The van der Waals surface area contributed by atoms with Crippen molar-refractivity contribution >= 4 is 0 Å². The minimum Gasteiger partial charge on any atom is -0.222 e. The van der Waals surface area contributed by atoms with Crippen LogP contribution in [0.25, 0.3) is 11.4 Å². The van der Waals surface area contributed by atoms with Crippen LogP contribution < -0.4 is 4.57 Å². The standard InChI is InChI=1S/C19H25F3N3/c1-5-8-16-23-24(4)17-15-10-9-14(19(20,21)22)11-13(15)12-18(6-2,7-3)25(16)17/h9-11H,5-8,12H2,1-4H3/q+1. The lowest BCUT2D eigenvalue weighted by molar-refractivity contribution is -0.765. The van der Waals surface area contributed by atoms with E-state index in [9.17, 15) is 13.2 Å². The number of halogens is 3. The van der Waals surface area contributed by atoms with Gasteiger partial charge in [-0.2, -0.15) is 13.2 Å². The molecule has 0 bridgehead atoms. The van der Waals surface area contributed by atoms with Crippen molar-refractivity contribution in [2.75, 3.05) is 0 Å². The molecule has 0 spiro atoms. The monoisotopic (exact) mass is 352 g/mol. The Morgan fingerprint density at radius 1 is 1.20 bits per heavy atom. The molecule has 1 aromatic carbocycles. The van der Waals surface area contributed by atoms with Crippen LogP contribution in [-0.4, -0.2) is 9.78 Å². The first-order valence-corrected chi connectivity index (χ1v) is 8.96. The van der Waals surface area contributed by atoms with E-state index in [0.29, 0.717) is 6.42 Å². The van der Waals surface area contributed by atoms with E-state index in [2.05, 4.69) is 25.3 Å². The number of hydrogen-bond acceptors (Lipinski definition) is 1. The summed E-state index contributed by atoms with van der Waals surface area (Å²) in [5, 5.41) is 4.70. The first-order valence-electron chi connectivity index (χ1n) is 8.96. The van der Waals surface area contributed by atoms with Crippen LogP contribution in [0.5, 0.6) is 0 Å². The van der Waals surface area contributed by atoms with E-state index < -0.39 is 11.7 Å². The number of alkyl halides is 3. The van der Waals surface area contributed by atoms with Crippen LogP contribution in [0, 0.1) is 0 Å². The normalized spacial score (nSPS) is 15.8. The number of aryl methyl sites for hydroxylation is 2. The number of benzene rings is 1. The minimum atomic E-state index is -4.32. The minimum absolute atomic E-state index is 0.217. The van der Waals surface area contributed by atoms with Crippen molar-refractivity contribution in [3.63, 3.8) is 0 Å². The quantitative estimate of drug-likeness (QED) is 0.747. The molecule has 0 fully saturated rings. The van der Waals surface area contributed by atoms with E-state index in [1.807, 2.05) is 11.7 Å². The van der Waals surface area contributed by atoms with Gasteiger partial charge in [-0.15, -0.1) is 4.68 Å². The number of aromatic nitrogens is 3. The van der Waals surface area contributed by atoms with Gasteiger partial charge in [-0.25, -0.2) is 4.57 Å². The van der Waals surface area contributed by atoms with Gasteiger partial charge in [0.2, 0.25) is 0 Å². The molecule has 136 valence electrons. The second kappa shape index (κ2) is 6.15. The summed E-state index contributed by atoms with van der Waals surface area (Å²) < 4.78 is 43.6. The Balaban J connectivity index is 2.28. The predicted octanol–water partition coefficient (Wildman–Crippen LogP) is 4.42. The summed E-state index contributed by atoms with van der Waals surface area (Å²) in [5.41, 5.74) is 0.843. The van der Waals surface area contributed by atoms with Crippen LogP contribution in [0.3, 0.4) is 0 Å². The summed E-state index contributed by atoms with van der Waals surface area (Å²) in [7, 11) is 1.88. The van der Waals surface area contributed by atoms with Crippen molar-refractivity contribution in [2.24, 2.45) is 7.05 Å². The Hall–Kier alpha value is -1.85. The summed E-state index contributed by atoms with van der Waals surface area (Å²) in [6.45, 7) is 6.34. The highest BCUT2D eigenvalue weighted by molar-refractivity contribution is 5.61. The maximum atomic E-state index is 13.2. The second-order valence-corrected chi connectivity index (χ2v) is 6.93. The third-order valence-corrected chi connectivity index (χ3v) is 5.50. The maximum Gasteiger partial charge on any atom is 0.416 e. The molecule has 3 nitrogen and oxygen atoms in total. The molecule has 0 amide bonds. The molecule has 0 N–H and O–H groups in total. The lowest BCUT2D eigenvalue weighted by Crippen LogP contribution is -2.61. The van der Waals surface area contributed by atoms with Gasteiger partial charge in [0.15, 0.2) is 0 Å². The predicted molar refractivity (Wildman–Crippen MR) is 90.1 cm³/mol. The summed E-state index contributed by atoms with van der Waals surface area (Å²) >= 11 is 0. The summed E-state index contributed by atoms with van der Waals surface area (Å²) in [4.78, 5) is 0. The van der Waals surface area contributed by atoms with E-state index in [-0.39, 0.29) is 5.54 Å². The van der Waals surface area contributed by atoms with Crippen LogP contribution in [0.4, 0.5) is 13.2 Å². The van der Waals surface area contributed by atoms with E-state index in [1.165, 1.54) is 12.1 Å². The van der Waals surface area contributed by atoms with E-state index >= 15 is 0 Å². The molecule has 0 unspecified atom stereocenters. The number of hydrogen-bond donors (Lipinski definition) is 0. The third kappa shape index (κ3) is 2.75. The SMILES string of the molecule is CCCc1nn(C)c2[n+]1C(CC)(CC)Cc1cc(C(F)(F)F)ccc1-2. The number of rotatable bonds is 4. The lowest BCUT2D eigenvalue weighted by atomic mass is 9.80. The highest BCUT2D eigenvalue weighted by Crippen LogP contribution is 2.39. The topological polar surface area (TPSA) is 21.7 Å². The average molecular weight is 352 g/mol. The van der Waals surface area contributed by atoms with Crippen molar-refractivity contribution in [1.82, 2.24) is 9.78 Å². The number of fused-ring (bicyclic) bond motifs is 3. The maximum absolute atomic E-state index is 13.2. The fourth-order valence-corrected chi connectivity index (χ4v) is 4.10. The summed E-state index contributed by atoms with van der Waals surface area (Å²) in [5.74, 6) is 1.94. The van der Waals surface area contributed by atoms with Crippen LogP contribution in [0.2, 0.25) is 0 Å². The fraction of sp³-hybridized carbons (Fsp3) is 0.579. The lowest BCUT2D eigenvalue weighted by Gasteiger charge is -2.36. The molecule has 25 heavy (non-hydrogen) atoms. The van der Waals surface area contributed by atoms with E-state index in [1.54, 1.807) is 6.07 Å². The molecular formula is C19H25F3N3+. The molecule has 2 aromatic rings. The Labute approximate surface area is 146 Å². The van der Waals surface area contributed by atoms with Gasteiger partial charge in [-0.05, 0) is 43.0 Å². The first-order chi connectivity index (χ1) is 11.8. The van der Waals surface area contributed by atoms with Gasteiger partial charge >= 0.3 is 6.18 Å². The molecule has 0 atom stereocenters. The largest absolute Gasteiger partial charge is 0.416 e. The molecule has 3 rings (SSSR count). The molecule has 0 saturated heterocycles. The van der Waals surface area contributed by atoms with Gasteiger partial charge in [0.1, 0.15) is 0 Å². The fourth-order valence-electron chi connectivity index (χ4n) is 4.10. The summed E-state index contributed by atoms with van der Waals surface area (Å²) in [6, 6.07) is 4.11. The highest BCUT2D eigenvalue weighted by atomic mass is 19.4. The molecule has 1 aromatic heterocycles. The first kappa shape index (κ1) is 18.0. The molecule has 0 radical (unpaired) electrons. The van der Waals surface area contributed by atoms with Crippen LogP contribution >= 0.6 is 0 Å². The average Bonchev–Trinajstić information content (AvgIpc) is 2.90. The van der Waals surface area contributed by atoms with Crippen molar-refractivity contribution in [3.05, 3.63) is 35.2 Å². The van der Waals surface area contributed by atoms with Gasteiger partial charge in [0.25, 0.3) is 11.6 Å². The third-order valence-electron chi connectivity index (χ3n) is 5.50. The molecule has 6 heteroatoms. The smallest absolute Gasteiger partial charge is 0.222 e. The van der Waals surface area contributed by atoms with E-state index in [0.717, 1.165) is 48.5 Å². The molecule has 1 aliphatic rings. The van der Waals surface area contributed by atoms with Crippen molar-refractivity contribution in [2.45, 2.75) is 64.6 Å². The highest BCUT2D eigenvalue weighted by Gasteiger charge is 2.45. The molecule has 2 heterocycles. The molecule has 1 aliphatic heterocycles. The van der Waals surface area contributed by atoms with Gasteiger partial charge in [-0.3, -0.25) is 0 Å². The Kier molecular flexibility index (Phi) is 4.41. The zero-order valence-electron chi connectivity index (χ0n) is 15.2. The molecule has 0 aliphatic carbocycles. The van der Waals surface area contributed by atoms with Crippen LogP contribution in [0.1, 0.15) is 57.0 Å².